The topological polar surface area (TPSA) is 70.5 Å². The van der Waals surface area contributed by atoms with Crippen molar-refractivity contribution in [3.05, 3.63) is 53.2 Å². The minimum absolute atomic E-state index is 0.205. The smallest absolute Gasteiger partial charge is 0.222 e. The van der Waals surface area contributed by atoms with E-state index in [0.717, 1.165) is 41.2 Å². The van der Waals surface area contributed by atoms with E-state index in [1.165, 1.54) is 0 Å². The highest BCUT2D eigenvalue weighted by Crippen LogP contribution is 2.38. The summed E-state index contributed by atoms with van der Waals surface area (Å²) in [6.45, 7) is 5.57. The summed E-state index contributed by atoms with van der Waals surface area (Å²) in [5.41, 5.74) is 3.07. The molecule has 2 aromatic heterocycles. The Kier molecular flexibility index (Phi) is 5.22. The first-order valence-electron chi connectivity index (χ1n) is 9.02. The molecule has 27 heavy (non-hydrogen) atoms. The zero-order valence-corrected chi connectivity index (χ0v) is 16.0. The van der Waals surface area contributed by atoms with Gasteiger partial charge in [0.15, 0.2) is 11.5 Å². The second kappa shape index (κ2) is 7.94. The van der Waals surface area contributed by atoms with E-state index in [2.05, 4.69) is 32.3 Å². The number of phenolic OH excluding ortho intramolecular Hbond substituents is 1. The third-order valence-electron chi connectivity index (χ3n) is 4.45. The summed E-state index contributed by atoms with van der Waals surface area (Å²) < 4.78 is 5.84. The van der Waals surface area contributed by atoms with Crippen molar-refractivity contribution < 1.29 is 9.84 Å². The maximum atomic E-state index is 10.5. The van der Waals surface area contributed by atoms with Gasteiger partial charge in [0.2, 0.25) is 5.95 Å². The van der Waals surface area contributed by atoms with Gasteiger partial charge < -0.3 is 15.2 Å². The van der Waals surface area contributed by atoms with E-state index in [-0.39, 0.29) is 5.75 Å². The van der Waals surface area contributed by atoms with Crippen molar-refractivity contribution >= 4 is 17.3 Å². The maximum absolute atomic E-state index is 10.5. The number of fused-ring (bicyclic) bond motifs is 1. The van der Waals surface area contributed by atoms with Gasteiger partial charge in [0, 0.05) is 54.6 Å². The van der Waals surface area contributed by atoms with Crippen LogP contribution in [0.4, 0.5) is 5.95 Å². The molecule has 0 amide bonds. The van der Waals surface area contributed by atoms with E-state index in [1.807, 2.05) is 30.8 Å². The number of anilines is 1. The average molecular weight is 382 g/mol. The Bertz CT molecular complexity index is 897. The first kappa shape index (κ1) is 17.8. The molecule has 0 saturated carbocycles. The molecular formula is C20H22N4O2S. The highest BCUT2D eigenvalue weighted by molar-refractivity contribution is 7.13. The molecule has 0 atom stereocenters. The normalized spacial score (nSPS) is 14.3. The molecule has 3 aromatic rings. The average Bonchev–Trinajstić information content (AvgIpc) is 3.12. The van der Waals surface area contributed by atoms with Gasteiger partial charge in [-0.05, 0) is 36.1 Å². The maximum Gasteiger partial charge on any atom is 0.222 e. The number of hydrogen-bond acceptors (Lipinski definition) is 7. The summed E-state index contributed by atoms with van der Waals surface area (Å²) in [4.78, 5) is 12.1. The van der Waals surface area contributed by atoms with Gasteiger partial charge in [-0.15, -0.1) is 11.3 Å². The Morgan fingerprint density at radius 2 is 2.15 bits per heavy atom. The predicted molar refractivity (Wildman–Crippen MR) is 107 cm³/mol. The lowest BCUT2D eigenvalue weighted by Gasteiger charge is -2.19. The molecule has 1 aliphatic rings. The molecule has 4 rings (SSSR count). The number of aromatic nitrogens is 2. The number of benzene rings is 1. The quantitative estimate of drug-likeness (QED) is 0.701. The third-order valence-corrected chi connectivity index (χ3v) is 5.37. The van der Waals surface area contributed by atoms with Crippen molar-refractivity contribution in [2.45, 2.75) is 20.0 Å². The molecule has 7 heteroatoms. The summed E-state index contributed by atoms with van der Waals surface area (Å²) in [7, 11) is 0. The summed E-state index contributed by atoms with van der Waals surface area (Å²) in [6, 6.07) is 7.98. The van der Waals surface area contributed by atoms with Gasteiger partial charge in [-0.1, -0.05) is 6.07 Å². The lowest BCUT2D eigenvalue weighted by molar-refractivity contribution is 0.217. The van der Waals surface area contributed by atoms with E-state index < -0.39 is 0 Å². The SMILES string of the molecule is CCNc1ncc(CN2CCOc3c(O)cc(-c4cccs4)cc3C2)cn1. The molecule has 1 aliphatic heterocycles. The highest BCUT2D eigenvalue weighted by Gasteiger charge is 2.20. The van der Waals surface area contributed by atoms with Crippen LogP contribution in [0.15, 0.2) is 42.0 Å². The molecule has 1 aromatic carbocycles. The summed E-state index contributed by atoms with van der Waals surface area (Å²) in [6.07, 6.45) is 3.72. The van der Waals surface area contributed by atoms with E-state index in [0.29, 0.717) is 24.8 Å². The molecule has 0 radical (unpaired) electrons. The van der Waals surface area contributed by atoms with Crippen LogP contribution in [0.1, 0.15) is 18.1 Å². The van der Waals surface area contributed by atoms with Gasteiger partial charge in [0.25, 0.3) is 0 Å². The summed E-state index contributed by atoms with van der Waals surface area (Å²) in [5, 5.41) is 15.6. The Hall–Kier alpha value is -2.64. The molecule has 3 heterocycles. The molecule has 2 N–H and O–H groups in total. The first-order valence-corrected chi connectivity index (χ1v) is 9.90. The van der Waals surface area contributed by atoms with Gasteiger partial charge in [0.1, 0.15) is 6.61 Å². The van der Waals surface area contributed by atoms with Crippen molar-refractivity contribution in [3.8, 4) is 21.9 Å². The number of phenols is 1. The fraction of sp³-hybridized carbons (Fsp3) is 0.300. The molecular weight excluding hydrogens is 360 g/mol. The number of nitrogens with zero attached hydrogens (tertiary/aromatic N) is 3. The number of aromatic hydroxyl groups is 1. The van der Waals surface area contributed by atoms with Crippen LogP contribution in [-0.4, -0.2) is 39.7 Å². The number of rotatable bonds is 5. The Morgan fingerprint density at radius 1 is 1.30 bits per heavy atom. The molecule has 0 fully saturated rings. The molecule has 0 spiro atoms. The number of ether oxygens (including phenoxy) is 1. The summed E-state index contributed by atoms with van der Waals surface area (Å²) in [5.74, 6) is 1.45. The molecule has 140 valence electrons. The zero-order valence-electron chi connectivity index (χ0n) is 15.2. The van der Waals surface area contributed by atoms with Crippen molar-refractivity contribution in [2.24, 2.45) is 0 Å². The standard InChI is InChI=1S/C20H22N4O2S/c1-2-21-20-22-10-14(11-23-20)12-24-5-6-26-19-16(13-24)8-15(9-17(19)25)18-4-3-7-27-18/h3-4,7-11,25H,2,5-6,12-13H2,1H3,(H,21,22,23). The van der Waals surface area contributed by atoms with Gasteiger partial charge in [-0.2, -0.15) is 0 Å². The monoisotopic (exact) mass is 382 g/mol. The Labute approximate surface area is 162 Å². The second-order valence-corrected chi connectivity index (χ2v) is 7.41. The second-order valence-electron chi connectivity index (χ2n) is 6.47. The van der Waals surface area contributed by atoms with E-state index in [1.54, 1.807) is 17.4 Å². The van der Waals surface area contributed by atoms with Crippen LogP contribution in [0, 0.1) is 0 Å². The number of hydrogen-bond donors (Lipinski definition) is 2. The molecule has 0 unspecified atom stereocenters. The zero-order chi connectivity index (χ0) is 18.6. The van der Waals surface area contributed by atoms with Crippen molar-refractivity contribution in [2.75, 3.05) is 25.0 Å². The Balaban J connectivity index is 1.55. The van der Waals surface area contributed by atoms with Crippen molar-refractivity contribution in [1.29, 1.82) is 0 Å². The van der Waals surface area contributed by atoms with Crippen LogP contribution < -0.4 is 10.1 Å². The molecule has 0 aliphatic carbocycles. The lowest BCUT2D eigenvalue weighted by Crippen LogP contribution is -2.25. The van der Waals surface area contributed by atoms with Gasteiger partial charge in [0.05, 0.1) is 0 Å². The van der Waals surface area contributed by atoms with E-state index in [4.69, 9.17) is 4.74 Å². The number of thiophene rings is 1. The molecule has 0 bridgehead atoms. The van der Waals surface area contributed by atoms with Crippen molar-refractivity contribution in [1.82, 2.24) is 14.9 Å². The summed E-state index contributed by atoms with van der Waals surface area (Å²) >= 11 is 1.66. The Morgan fingerprint density at radius 3 is 2.89 bits per heavy atom. The third kappa shape index (κ3) is 4.04. The van der Waals surface area contributed by atoms with E-state index in [9.17, 15) is 5.11 Å². The van der Waals surface area contributed by atoms with E-state index >= 15 is 0 Å². The van der Waals surface area contributed by atoms with Gasteiger partial charge >= 0.3 is 0 Å². The van der Waals surface area contributed by atoms with Crippen LogP contribution in [0.25, 0.3) is 10.4 Å². The lowest BCUT2D eigenvalue weighted by atomic mass is 10.1. The van der Waals surface area contributed by atoms with Crippen molar-refractivity contribution in [3.63, 3.8) is 0 Å². The van der Waals surface area contributed by atoms with Crippen LogP contribution in [0.2, 0.25) is 0 Å². The predicted octanol–water partition coefficient (Wildman–Crippen LogP) is 3.74. The minimum Gasteiger partial charge on any atom is -0.504 e. The van der Waals surface area contributed by atoms with Gasteiger partial charge in [-0.25, -0.2) is 9.97 Å². The van der Waals surface area contributed by atoms with Crippen LogP contribution in [-0.2, 0) is 13.1 Å². The largest absolute Gasteiger partial charge is 0.504 e. The minimum atomic E-state index is 0.205. The molecule has 6 nitrogen and oxygen atoms in total. The highest BCUT2D eigenvalue weighted by atomic mass is 32.1. The van der Waals surface area contributed by atoms with Crippen LogP contribution in [0.5, 0.6) is 11.5 Å². The molecule has 0 saturated heterocycles. The fourth-order valence-corrected chi connectivity index (χ4v) is 3.93. The van der Waals surface area contributed by atoms with Crippen LogP contribution >= 0.6 is 11.3 Å². The van der Waals surface area contributed by atoms with Gasteiger partial charge in [-0.3, -0.25) is 4.90 Å². The number of nitrogens with one attached hydrogen (secondary N) is 1. The first-order chi connectivity index (χ1) is 13.2. The van der Waals surface area contributed by atoms with Crippen LogP contribution in [0.3, 0.4) is 0 Å². The fourth-order valence-electron chi connectivity index (χ4n) is 3.22.